The molecule has 1 fully saturated rings. The van der Waals surface area contributed by atoms with Gasteiger partial charge in [-0.15, -0.1) is 0 Å². The van der Waals surface area contributed by atoms with Gasteiger partial charge in [0.15, 0.2) is 0 Å². The lowest BCUT2D eigenvalue weighted by atomic mass is 10.1. The van der Waals surface area contributed by atoms with Crippen LogP contribution in [-0.2, 0) is 4.79 Å². The van der Waals surface area contributed by atoms with Crippen LogP contribution in [0.1, 0.15) is 37.8 Å². The SMILES string of the molecule is C[C@@H](NC(=O)CCNC1CC1)c1ccc(Br)cc1. The van der Waals surface area contributed by atoms with Gasteiger partial charge in [-0.1, -0.05) is 28.1 Å². The van der Waals surface area contributed by atoms with Gasteiger partial charge in [0.1, 0.15) is 0 Å². The first-order valence-electron chi connectivity index (χ1n) is 6.43. The Bertz CT molecular complexity index is 401. The molecule has 18 heavy (non-hydrogen) atoms. The molecular formula is C14H19BrN2O. The Hall–Kier alpha value is -0.870. The molecule has 1 aliphatic carbocycles. The predicted octanol–water partition coefficient (Wildman–Crippen LogP) is 2.77. The topological polar surface area (TPSA) is 41.1 Å². The third kappa shape index (κ3) is 4.42. The lowest BCUT2D eigenvalue weighted by molar-refractivity contribution is -0.121. The van der Waals surface area contributed by atoms with Crippen LogP contribution in [0, 0.1) is 0 Å². The van der Waals surface area contributed by atoms with Gasteiger partial charge >= 0.3 is 0 Å². The van der Waals surface area contributed by atoms with Crippen LogP contribution >= 0.6 is 15.9 Å². The molecule has 0 bridgehead atoms. The molecule has 1 amide bonds. The van der Waals surface area contributed by atoms with Crippen LogP contribution in [0.4, 0.5) is 0 Å². The molecule has 0 unspecified atom stereocenters. The van der Waals surface area contributed by atoms with Crippen molar-refractivity contribution in [2.75, 3.05) is 6.54 Å². The summed E-state index contributed by atoms with van der Waals surface area (Å²) in [4.78, 5) is 11.7. The number of carbonyl (C=O) groups is 1. The fraction of sp³-hybridized carbons (Fsp3) is 0.500. The third-order valence-electron chi connectivity index (χ3n) is 3.11. The van der Waals surface area contributed by atoms with Gasteiger partial charge < -0.3 is 10.6 Å². The zero-order valence-electron chi connectivity index (χ0n) is 10.6. The molecule has 1 aliphatic rings. The molecule has 1 saturated carbocycles. The smallest absolute Gasteiger partial charge is 0.221 e. The normalized spacial score (nSPS) is 16.3. The Labute approximate surface area is 116 Å². The zero-order chi connectivity index (χ0) is 13.0. The van der Waals surface area contributed by atoms with Crippen molar-refractivity contribution in [1.29, 1.82) is 0 Å². The summed E-state index contributed by atoms with van der Waals surface area (Å²) in [5.41, 5.74) is 1.13. The minimum absolute atomic E-state index is 0.0616. The molecule has 4 heteroatoms. The second-order valence-electron chi connectivity index (χ2n) is 4.82. The van der Waals surface area contributed by atoms with Gasteiger partial charge in [-0.25, -0.2) is 0 Å². The van der Waals surface area contributed by atoms with Gasteiger partial charge in [0.2, 0.25) is 5.91 Å². The van der Waals surface area contributed by atoms with Gasteiger partial charge in [0.05, 0.1) is 6.04 Å². The van der Waals surface area contributed by atoms with E-state index in [0.717, 1.165) is 16.6 Å². The molecule has 0 saturated heterocycles. The van der Waals surface area contributed by atoms with Crippen molar-refractivity contribution in [2.24, 2.45) is 0 Å². The van der Waals surface area contributed by atoms with E-state index < -0.39 is 0 Å². The molecule has 0 radical (unpaired) electrons. The Morgan fingerprint density at radius 2 is 2.06 bits per heavy atom. The van der Waals surface area contributed by atoms with Crippen LogP contribution in [0.3, 0.4) is 0 Å². The highest BCUT2D eigenvalue weighted by atomic mass is 79.9. The van der Waals surface area contributed by atoms with Crippen LogP contribution < -0.4 is 10.6 Å². The number of hydrogen-bond acceptors (Lipinski definition) is 2. The van der Waals surface area contributed by atoms with Gasteiger partial charge in [-0.2, -0.15) is 0 Å². The van der Waals surface area contributed by atoms with Crippen molar-refractivity contribution in [3.8, 4) is 0 Å². The molecule has 0 aromatic heterocycles. The van der Waals surface area contributed by atoms with Gasteiger partial charge in [-0.05, 0) is 37.5 Å². The number of benzene rings is 1. The Morgan fingerprint density at radius 1 is 1.39 bits per heavy atom. The van der Waals surface area contributed by atoms with E-state index in [1.807, 2.05) is 31.2 Å². The number of carbonyl (C=O) groups excluding carboxylic acids is 1. The Balaban J connectivity index is 1.73. The van der Waals surface area contributed by atoms with E-state index in [1.54, 1.807) is 0 Å². The maximum atomic E-state index is 11.7. The summed E-state index contributed by atoms with van der Waals surface area (Å²) in [7, 11) is 0. The number of nitrogens with one attached hydrogen (secondary N) is 2. The molecule has 1 atom stereocenters. The summed E-state index contributed by atoms with van der Waals surface area (Å²) in [5.74, 6) is 0.110. The number of amides is 1. The van der Waals surface area contributed by atoms with E-state index in [-0.39, 0.29) is 11.9 Å². The lowest BCUT2D eigenvalue weighted by Crippen LogP contribution is -2.30. The number of halogens is 1. The number of hydrogen-bond donors (Lipinski definition) is 2. The minimum Gasteiger partial charge on any atom is -0.350 e. The van der Waals surface area contributed by atoms with Crippen molar-refractivity contribution in [1.82, 2.24) is 10.6 Å². The maximum absolute atomic E-state index is 11.7. The molecule has 1 aromatic carbocycles. The average molecular weight is 311 g/mol. The Kier molecular flexibility index (Phi) is 4.78. The lowest BCUT2D eigenvalue weighted by Gasteiger charge is -2.14. The van der Waals surface area contributed by atoms with Gasteiger partial charge in [0.25, 0.3) is 0 Å². The first-order valence-corrected chi connectivity index (χ1v) is 7.22. The average Bonchev–Trinajstić information content (AvgIpc) is 3.13. The first-order chi connectivity index (χ1) is 8.65. The second kappa shape index (κ2) is 6.34. The first kappa shape index (κ1) is 13.6. The van der Waals surface area contributed by atoms with Crippen molar-refractivity contribution in [2.45, 2.75) is 38.3 Å². The van der Waals surface area contributed by atoms with E-state index in [2.05, 4.69) is 26.6 Å². The van der Waals surface area contributed by atoms with E-state index in [9.17, 15) is 4.79 Å². The summed E-state index contributed by atoms with van der Waals surface area (Å²) in [5, 5.41) is 6.36. The zero-order valence-corrected chi connectivity index (χ0v) is 12.2. The largest absolute Gasteiger partial charge is 0.350 e. The minimum atomic E-state index is 0.0616. The van der Waals surface area contributed by atoms with Crippen LogP contribution in [-0.4, -0.2) is 18.5 Å². The van der Waals surface area contributed by atoms with Crippen molar-refractivity contribution >= 4 is 21.8 Å². The highest BCUT2D eigenvalue weighted by Gasteiger charge is 2.20. The summed E-state index contributed by atoms with van der Waals surface area (Å²) in [6.07, 6.45) is 3.07. The van der Waals surface area contributed by atoms with E-state index in [4.69, 9.17) is 0 Å². The summed E-state index contributed by atoms with van der Waals surface area (Å²) < 4.78 is 1.05. The highest BCUT2D eigenvalue weighted by Crippen LogP contribution is 2.18. The van der Waals surface area contributed by atoms with Gasteiger partial charge in [-0.3, -0.25) is 4.79 Å². The molecule has 2 rings (SSSR count). The third-order valence-corrected chi connectivity index (χ3v) is 3.64. The van der Waals surface area contributed by atoms with Crippen LogP contribution in [0.5, 0.6) is 0 Å². The summed E-state index contributed by atoms with van der Waals surface area (Å²) in [6.45, 7) is 2.79. The number of rotatable bonds is 6. The molecule has 0 heterocycles. The van der Waals surface area contributed by atoms with E-state index in [1.165, 1.54) is 12.8 Å². The predicted molar refractivity (Wildman–Crippen MR) is 76.3 cm³/mol. The molecule has 0 aliphatic heterocycles. The van der Waals surface area contributed by atoms with Crippen molar-refractivity contribution in [3.63, 3.8) is 0 Å². The van der Waals surface area contributed by atoms with Crippen molar-refractivity contribution < 1.29 is 4.79 Å². The van der Waals surface area contributed by atoms with E-state index >= 15 is 0 Å². The Morgan fingerprint density at radius 3 is 2.67 bits per heavy atom. The monoisotopic (exact) mass is 310 g/mol. The molecule has 2 N–H and O–H groups in total. The fourth-order valence-corrected chi connectivity index (χ4v) is 2.09. The molecule has 98 valence electrons. The quantitative estimate of drug-likeness (QED) is 0.848. The molecular weight excluding hydrogens is 292 g/mol. The van der Waals surface area contributed by atoms with Crippen LogP contribution in [0.25, 0.3) is 0 Å². The van der Waals surface area contributed by atoms with Crippen LogP contribution in [0.2, 0.25) is 0 Å². The molecule has 1 aromatic rings. The molecule has 3 nitrogen and oxygen atoms in total. The summed E-state index contributed by atoms with van der Waals surface area (Å²) in [6, 6.07) is 8.77. The van der Waals surface area contributed by atoms with Gasteiger partial charge in [0, 0.05) is 23.5 Å². The van der Waals surface area contributed by atoms with Crippen molar-refractivity contribution in [3.05, 3.63) is 34.3 Å². The molecule has 0 spiro atoms. The highest BCUT2D eigenvalue weighted by molar-refractivity contribution is 9.10. The van der Waals surface area contributed by atoms with E-state index in [0.29, 0.717) is 12.5 Å². The summed E-state index contributed by atoms with van der Waals surface area (Å²) >= 11 is 3.40. The maximum Gasteiger partial charge on any atom is 0.221 e. The van der Waals surface area contributed by atoms with Crippen LogP contribution in [0.15, 0.2) is 28.7 Å². The standard InChI is InChI=1S/C14H19BrN2O/c1-10(11-2-4-12(15)5-3-11)17-14(18)8-9-16-13-6-7-13/h2-5,10,13,16H,6-9H2,1H3,(H,17,18)/t10-/m1/s1. The fourth-order valence-electron chi connectivity index (χ4n) is 1.83. The second-order valence-corrected chi connectivity index (χ2v) is 5.73.